The fourth-order valence-corrected chi connectivity index (χ4v) is 2.19. The monoisotopic (exact) mass is 347 g/mol. The smallest absolute Gasteiger partial charge is 0.321 e. The van der Waals surface area contributed by atoms with Crippen LogP contribution in [-0.4, -0.2) is 11.7 Å². The van der Waals surface area contributed by atoms with E-state index in [-0.39, 0.29) is 5.57 Å². The van der Waals surface area contributed by atoms with Gasteiger partial charge in [0.1, 0.15) is 0 Å². The first-order valence-electron chi connectivity index (χ1n) is 7.45. The van der Waals surface area contributed by atoms with E-state index in [4.69, 9.17) is 0 Å². The zero-order valence-electron chi connectivity index (χ0n) is 13.6. The van der Waals surface area contributed by atoms with Gasteiger partial charge in [-0.2, -0.15) is 13.2 Å². The van der Waals surface area contributed by atoms with E-state index in [1.165, 1.54) is 25.1 Å². The number of benzene rings is 2. The van der Waals surface area contributed by atoms with Gasteiger partial charge >= 0.3 is 6.18 Å². The molecule has 0 saturated heterocycles. The van der Waals surface area contributed by atoms with Gasteiger partial charge in [0.15, 0.2) is 5.78 Å². The van der Waals surface area contributed by atoms with Crippen LogP contribution in [0.15, 0.2) is 54.1 Å². The quantitative estimate of drug-likeness (QED) is 0.498. The van der Waals surface area contributed by atoms with Crippen molar-refractivity contribution in [3.8, 4) is 0 Å². The van der Waals surface area contributed by atoms with Crippen molar-refractivity contribution in [1.29, 1.82) is 0 Å². The Morgan fingerprint density at radius 3 is 2.16 bits per heavy atom. The number of Topliss-reactive ketones (excluding diaryl/α,β-unsaturated/α-hetero) is 1. The average molecular weight is 347 g/mol. The van der Waals surface area contributed by atoms with Gasteiger partial charge in [0.2, 0.25) is 0 Å². The zero-order valence-corrected chi connectivity index (χ0v) is 13.6. The molecule has 2 rings (SSSR count). The first kappa shape index (κ1) is 18.4. The van der Waals surface area contributed by atoms with Crippen molar-refractivity contribution in [2.24, 2.45) is 0 Å². The van der Waals surface area contributed by atoms with Crippen LogP contribution in [0.1, 0.15) is 23.6 Å². The Hall–Kier alpha value is -2.89. The summed E-state index contributed by atoms with van der Waals surface area (Å²) < 4.78 is 39.0. The van der Waals surface area contributed by atoms with Gasteiger partial charge in [0.05, 0.1) is 16.8 Å². The molecule has 0 fully saturated rings. The lowest BCUT2D eigenvalue weighted by Crippen LogP contribution is -2.21. The zero-order chi connectivity index (χ0) is 18.6. The number of anilines is 1. The van der Waals surface area contributed by atoms with Crippen molar-refractivity contribution < 1.29 is 22.8 Å². The van der Waals surface area contributed by atoms with E-state index in [0.717, 1.165) is 17.7 Å². The molecule has 3 nitrogen and oxygen atoms in total. The minimum absolute atomic E-state index is 0.221. The van der Waals surface area contributed by atoms with E-state index in [2.05, 4.69) is 5.32 Å². The standard InChI is InChI=1S/C19H16F3NO2/c1-12-7-9-14(10-8-12)11-15(13(2)24)18(25)23-17-6-4-3-5-16(17)19(20,21)22/h3-11H,1-2H3,(H,23,25)/b15-11+. The van der Waals surface area contributed by atoms with Crippen molar-refractivity contribution in [3.05, 3.63) is 70.8 Å². The molecule has 0 aromatic heterocycles. The Morgan fingerprint density at radius 1 is 1.00 bits per heavy atom. The van der Waals surface area contributed by atoms with E-state index < -0.39 is 29.1 Å². The van der Waals surface area contributed by atoms with Crippen LogP contribution < -0.4 is 5.32 Å². The molecule has 2 aromatic rings. The average Bonchev–Trinajstić information content (AvgIpc) is 2.53. The number of hydrogen-bond acceptors (Lipinski definition) is 2. The van der Waals surface area contributed by atoms with Crippen molar-refractivity contribution in [2.75, 3.05) is 5.32 Å². The molecule has 0 atom stereocenters. The molecule has 0 bridgehead atoms. The minimum Gasteiger partial charge on any atom is -0.321 e. The van der Waals surface area contributed by atoms with E-state index >= 15 is 0 Å². The Bertz CT molecular complexity index is 821. The molecule has 1 amide bonds. The number of nitrogens with one attached hydrogen (secondary N) is 1. The normalized spacial score (nSPS) is 12.0. The molecule has 0 unspecified atom stereocenters. The summed E-state index contributed by atoms with van der Waals surface area (Å²) in [7, 11) is 0. The molecule has 130 valence electrons. The number of carbonyl (C=O) groups excluding carboxylic acids is 2. The van der Waals surface area contributed by atoms with Gasteiger partial charge in [-0.05, 0) is 37.6 Å². The molecule has 0 radical (unpaired) electrons. The molecule has 0 heterocycles. The second-order valence-corrected chi connectivity index (χ2v) is 5.52. The molecular formula is C19H16F3NO2. The van der Waals surface area contributed by atoms with Crippen LogP contribution >= 0.6 is 0 Å². The number of hydrogen-bond donors (Lipinski definition) is 1. The molecule has 0 saturated carbocycles. The predicted octanol–water partition coefficient (Wildman–Crippen LogP) is 4.62. The molecule has 0 spiro atoms. The van der Waals surface area contributed by atoms with Crippen molar-refractivity contribution >= 4 is 23.5 Å². The number of carbonyl (C=O) groups is 2. The third-order valence-electron chi connectivity index (χ3n) is 3.49. The number of halogens is 3. The summed E-state index contributed by atoms with van der Waals surface area (Å²) in [6, 6.07) is 11.7. The molecular weight excluding hydrogens is 331 g/mol. The lowest BCUT2D eigenvalue weighted by molar-refractivity contribution is -0.137. The van der Waals surface area contributed by atoms with Crippen LogP contribution in [-0.2, 0) is 15.8 Å². The number of ketones is 1. The number of amides is 1. The van der Waals surface area contributed by atoms with Crippen LogP contribution in [0.3, 0.4) is 0 Å². The number of rotatable bonds is 4. The third kappa shape index (κ3) is 4.79. The molecule has 0 aliphatic heterocycles. The molecule has 2 aromatic carbocycles. The van der Waals surface area contributed by atoms with E-state index in [0.29, 0.717) is 5.56 Å². The van der Waals surface area contributed by atoms with Gasteiger partial charge in [0, 0.05) is 0 Å². The van der Waals surface area contributed by atoms with Crippen LogP contribution in [0.2, 0.25) is 0 Å². The maximum absolute atomic E-state index is 13.0. The van der Waals surface area contributed by atoms with Gasteiger partial charge in [-0.15, -0.1) is 0 Å². The first-order valence-corrected chi connectivity index (χ1v) is 7.45. The summed E-state index contributed by atoms with van der Waals surface area (Å²) in [4.78, 5) is 24.1. The highest BCUT2D eigenvalue weighted by Gasteiger charge is 2.33. The van der Waals surface area contributed by atoms with E-state index in [9.17, 15) is 22.8 Å². The third-order valence-corrected chi connectivity index (χ3v) is 3.49. The number of alkyl halides is 3. The lowest BCUT2D eigenvalue weighted by Gasteiger charge is -2.14. The van der Waals surface area contributed by atoms with Crippen molar-refractivity contribution in [2.45, 2.75) is 20.0 Å². The van der Waals surface area contributed by atoms with Crippen LogP contribution in [0.5, 0.6) is 0 Å². The highest BCUT2D eigenvalue weighted by atomic mass is 19.4. The van der Waals surface area contributed by atoms with E-state index in [1.807, 2.05) is 6.92 Å². The summed E-state index contributed by atoms with van der Waals surface area (Å²) in [5.41, 5.74) is 0.0265. The van der Waals surface area contributed by atoms with Gasteiger partial charge < -0.3 is 5.32 Å². The molecule has 25 heavy (non-hydrogen) atoms. The summed E-state index contributed by atoms with van der Waals surface area (Å²) in [5.74, 6) is -1.42. The van der Waals surface area contributed by atoms with E-state index in [1.54, 1.807) is 24.3 Å². The number of aryl methyl sites for hydroxylation is 1. The maximum atomic E-state index is 13.0. The molecule has 6 heteroatoms. The molecule has 0 aliphatic rings. The number of para-hydroxylation sites is 1. The maximum Gasteiger partial charge on any atom is 0.418 e. The van der Waals surface area contributed by atoms with Crippen LogP contribution in [0, 0.1) is 6.92 Å². The second kappa shape index (κ2) is 7.34. The SMILES string of the molecule is CC(=O)/C(=C\c1ccc(C)cc1)C(=O)Nc1ccccc1C(F)(F)F. The van der Waals surface area contributed by atoms with Crippen molar-refractivity contribution in [3.63, 3.8) is 0 Å². The summed E-state index contributed by atoms with van der Waals surface area (Å²) >= 11 is 0. The van der Waals surface area contributed by atoms with Crippen LogP contribution in [0.4, 0.5) is 18.9 Å². The fraction of sp³-hybridized carbons (Fsp3) is 0.158. The summed E-state index contributed by atoms with van der Waals surface area (Å²) in [6.45, 7) is 3.08. The highest BCUT2D eigenvalue weighted by molar-refractivity contribution is 6.25. The Balaban J connectivity index is 2.34. The topological polar surface area (TPSA) is 46.2 Å². The predicted molar refractivity (Wildman–Crippen MR) is 89.9 cm³/mol. The van der Waals surface area contributed by atoms with Gasteiger partial charge in [0.25, 0.3) is 5.91 Å². The molecule has 0 aliphatic carbocycles. The Labute approximate surface area is 143 Å². The van der Waals surface area contributed by atoms with Gasteiger partial charge in [-0.25, -0.2) is 0 Å². The van der Waals surface area contributed by atoms with Gasteiger partial charge in [-0.3, -0.25) is 9.59 Å². The second-order valence-electron chi connectivity index (χ2n) is 5.52. The lowest BCUT2D eigenvalue weighted by atomic mass is 10.1. The largest absolute Gasteiger partial charge is 0.418 e. The van der Waals surface area contributed by atoms with Gasteiger partial charge in [-0.1, -0.05) is 42.0 Å². The minimum atomic E-state index is -4.61. The summed E-state index contributed by atoms with van der Waals surface area (Å²) in [6.07, 6.45) is -3.26. The molecule has 1 N–H and O–H groups in total. The van der Waals surface area contributed by atoms with Crippen molar-refractivity contribution in [1.82, 2.24) is 0 Å². The Kier molecular flexibility index (Phi) is 5.41. The fourth-order valence-electron chi connectivity index (χ4n) is 2.19. The van der Waals surface area contributed by atoms with Crippen LogP contribution in [0.25, 0.3) is 6.08 Å². The summed E-state index contributed by atoms with van der Waals surface area (Å²) in [5, 5.41) is 2.18. The Morgan fingerprint density at radius 2 is 1.60 bits per heavy atom. The highest BCUT2D eigenvalue weighted by Crippen LogP contribution is 2.34. The first-order chi connectivity index (χ1) is 11.7.